The van der Waals surface area contributed by atoms with Gasteiger partial charge in [-0.25, -0.2) is 4.98 Å². The maximum Gasteiger partial charge on any atom is 0.254 e. The van der Waals surface area contributed by atoms with Crippen LogP contribution < -0.4 is 5.32 Å². The highest BCUT2D eigenvalue weighted by molar-refractivity contribution is 5.94. The Morgan fingerprint density at radius 3 is 2.94 bits per heavy atom. The Balaban J connectivity index is 2.15. The maximum atomic E-state index is 12.4. The average Bonchev–Trinajstić information content (AvgIpc) is 2.37. The summed E-state index contributed by atoms with van der Waals surface area (Å²) in [5, 5.41) is 2.96. The molecule has 1 aliphatic heterocycles. The molecule has 4 nitrogen and oxygen atoms in total. The van der Waals surface area contributed by atoms with Gasteiger partial charge in [0.1, 0.15) is 5.82 Å². The quantitative estimate of drug-likeness (QED) is 0.872. The van der Waals surface area contributed by atoms with E-state index in [0.717, 1.165) is 25.3 Å². The fraction of sp³-hybridized carbons (Fsp3) is 0.571. The van der Waals surface area contributed by atoms with E-state index in [2.05, 4.69) is 24.1 Å². The number of hydrogen-bond acceptors (Lipinski definition) is 3. The molecule has 0 unspecified atom stereocenters. The van der Waals surface area contributed by atoms with Crippen molar-refractivity contribution in [1.29, 1.82) is 0 Å². The second kappa shape index (κ2) is 4.96. The van der Waals surface area contributed by atoms with Gasteiger partial charge in [0, 0.05) is 31.9 Å². The molecular weight excluding hydrogens is 226 g/mol. The van der Waals surface area contributed by atoms with Gasteiger partial charge in [-0.1, -0.05) is 13.8 Å². The minimum absolute atomic E-state index is 0.113. The molecule has 1 aromatic heterocycles. The summed E-state index contributed by atoms with van der Waals surface area (Å²) >= 11 is 0. The van der Waals surface area contributed by atoms with Crippen LogP contribution in [0.25, 0.3) is 0 Å². The molecule has 0 saturated carbocycles. The van der Waals surface area contributed by atoms with Crippen LogP contribution in [0.2, 0.25) is 0 Å². The molecule has 4 heteroatoms. The predicted molar refractivity (Wildman–Crippen MR) is 72.7 cm³/mol. The van der Waals surface area contributed by atoms with Crippen molar-refractivity contribution in [3.05, 3.63) is 23.9 Å². The molecule has 18 heavy (non-hydrogen) atoms. The number of hydrogen-bond donors (Lipinski definition) is 1. The Kier molecular flexibility index (Phi) is 3.55. The number of nitrogens with zero attached hydrogens (tertiary/aromatic N) is 2. The summed E-state index contributed by atoms with van der Waals surface area (Å²) < 4.78 is 0. The second-order valence-electron chi connectivity index (χ2n) is 5.67. The van der Waals surface area contributed by atoms with Gasteiger partial charge in [0.15, 0.2) is 0 Å². The summed E-state index contributed by atoms with van der Waals surface area (Å²) in [5.41, 5.74) is 0.944. The molecule has 1 amide bonds. The molecule has 0 radical (unpaired) electrons. The van der Waals surface area contributed by atoms with Gasteiger partial charge < -0.3 is 10.2 Å². The van der Waals surface area contributed by atoms with Gasteiger partial charge in [-0.3, -0.25) is 4.79 Å². The number of nitrogens with one attached hydrogen (secondary N) is 1. The van der Waals surface area contributed by atoms with Gasteiger partial charge >= 0.3 is 0 Å². The zero-order valence-electron chi connectivity index (χ0n) is 11.4. The third-order valence-electron chi connectivity index (χ3n) is 3.45. The van der Waals surface area contributed by atoms with Crippen LogP contribution in [-0.4, -0.2) is 35.9 Å². The van der Waals surface area contributed by atoms with Crippen LogP contribution in [0.4, 0.5) is 5.82 Å². The number of pyridine rings is 1. The minimum Gasteiger partial charge on any atom is -0.373 e. The van der Waals surface area contributed by atoms with Crippen molar-refractivity contribution in [2.24, 2.45) is 5.41 Å². The Bertz CT molecular complexity index is 442. The first-order chi connectivity index (χ1) is 8.52. The number of likely N-dealkylation sites (tertiary alicyclic amines) is 1. The monoisotopic (exact) mass is 247 g/mol. The molecule has 2 rings (SSSR count). The Hall–Kier alpha value is -1.58. The molecule has 1 N–H and O–H groups in total. The third-order valence-corrected chi connectivity index (χ3v) is 3.45. The molecule has 1 saturated heterocycles. The van der Waals surface area contributed by atoms with Crippen molar-refractivity contribution in [2.75, 3.05) is 25.5 Å². The molecule has 0 atom stereocenters. The van der Waals surface area contributed by atoms with Crippen LogP contribution in [-0.2, 0) is 0 Å². The highest BCUT2D eigenvalue weighted by Crippen LogP contribution is 2.29. The fourth-order valence-electron chi connectivity index (χ4n) is 2.48. The Morgan fingerprint density at radius 2 is 2.28 bits per heavy atom. The van der Waals surface area contributed by atoms with Crippen molar-refractivity contribution < 1.29 is 4.79 Å². The lowest BCUT2D eigenvalue weighted by Gasteiger charge is -2.38. The van der Waals surface area contributed by atoms with Crippen LogP contribution in [0.15, 0.2) is 18.3 Å². The molecule has 2 heterocycles. The van der Waals surface area contributed by atoms with Crippen LogP contribution in [0.1, 0.15) is 37.0 Å². The number of anilines is 1. The smallest absolute Gasteiger partial charge is 0.254 e. The van der Waals surface area contributed by atoms with Crippen LogP contribution in [0.5, 0.6) is 0 Å². The zero-order valence-corrected chi connectivity index (χ0v) is 11.4. The van der Waals surface area contributed by atoms with E-state index in [-0.39, 0.29) is 11.3 Å². The van der Waals surface area contributed by atoms with E-state index in [1.807, 2.05) is 11.0 Å². The van der Waals surface area contributed by atoms with Gasteiger partial charge in [0.05, 0.1) is 0 Å². The summed E-state index contributed by atoms with van der Waals surface area (Å²) in [6, 6.07) is 3.59. The van der Waals surface area contributed by atoms with Gasteiger partial charge in [-0.15, -0.1) is 0 Å². The molecule has 0 bridgehead atoms. The second-order valence-corrected chi connectivity index (χ2v) is 5.67. The van der Waals surface area contributed by atoms with Gasteiger partial charge in [-0.05, 0) is 30.4 Å². The molecular formula is C14H21N3O. The fourth-order valence-corrected chi connectivity index (χ4v) is 2.48. The lowest BCUT2D eigenvalue weighted by atomic mass is 9.84. The number of amides is 1. The topological polar surface area (TPSA) is 45.2 Å². The lowest BCUT2D eigenvalue weighted by Crippen LogP contribution is -2.43. The number of piperidine rings is 1. The minimum atomic E-state index is 0.113. The largest absolute Gasteiger partial charge is 0.373 e. The first kappa shape index (κ1) is 12.9. The van der Waals surface area contributed by atoms with Crippen LogP contribution in [0.3, 0.4) is 0 Å². The van der Waals surface area contributed by atoms with Gasteiger partial charge in [0.25, 0.3) is 5.91 Å². The maximum absolute atomic E-state index is 12.4. The molecule has 0 aliphatic carbocycles. The standard InChI is InChI=1S/C14H21N3O/c1-14(2)6-4-8-17(10-14)13(18)11-5-7-16-12(9-11)15-3/h5,7,9H,4,6,8,10H2,1-3H3,(H,15,16). The first-order valence-electron chi connectivity index (χ1n) is 6.45. The van der Waals surface area contributed by atoms with Crippen molar-refractivity contribution >= 4 is 11.7 Å². The van der Waals surface area contributed by atoms with Crippen molar-refractivity contribution in [3.8, 4) is 0 Å². The summed E-state index contributed by atoms with van der Waals surface area (Å²) in [5.74, 6) is 0.846. The van der Waals surface area contributed by atoms with E-state index in [9.17, 15) is 4.79 Å². The van der Waals surface area contributed by atoms with Crippen molar-refractivity contribution in [1.82, 2.24) is 9.88 Å². The molecule has 1 aromatic rings. The summed E-state index contributed by atoms with van der Waals surface area (Å²) in [4.78, 5) is 18.5. The molecule has 98 valence electrons. The SMILES string of the molecule is CNc1cc(C(=O)N2CCCC(C)(C)C2)ccn1. The van der Waals surface area contributed by atoms with E-state index >= 15 is 0 Å². The number of carbonyl (C=O) groups excluding carboxylic acids is 1. The van der Waals surface area contributed by atoms with Crippen molar-refractivity contribution in [2.45, 2.75) is 26.7 Å². The third kappa shape index (κ3) is 2.81. The van der Waals surface area contributed by atoms with E-state index < -0.39 is 0 Å². The molecule has 0 aromatic carbocycles. The highest BCUT2D eigenvalue weighted by atomic mass is 16.2. The number of rotatable bonds is 2. The summed E-state index contributed by atoms with van der Waals surface area (Å²) in [6.45, 7) is 6.14. The molecule has 0 spiro atoms. The van der Waals surface area contributed by atoms with Crippen LogP contribution >= 0.6 is 0 Å². The van der Waals surface area contributed by atoms with E-state index in [4.69, 9.17) is 0 Å². The van der Waals surface area contributed by atoms with E-state index in [0.29, 0.717) is 5.56 Å². The van der Waals surface area contributed by atoms with Crippen LogP contribution in [0, 0.1) is 5.41 Å². The predicted octanol–water partition coefficient (Wildman–Crippen LogP) is 2.39. The van der Waals surface area contributed by atoms with E-state index in [1.165, 1.54) is 6.42 Å². The number of carbonyl (C=O) groups is 1. The number of aromatic nitrogens is 1. The zero-order chi connectivity index (χ0) is 13.2. The summed E-state index contributed by atoms with van der Waals surface area (Å²) in [6.07, 6.45) is 3.95. The van der Waals surface area contributed by atoms with Gasteiger partial charge in [0.2, 0.25) is 0 Å². The first-order valence-corrected chi connectivity index (χ1v) is 6.45. The molecule has 1 aliphatic rings. The Labute approximate surface area is 108 Å². The van der Waals surface area contributed by atoms with Crippen molar-refractivity contribution in [3.63, 3.8) is 0 Å². The summed E-state index contributed by atoms with van der Waals surface area (Å²) in [7, 11) is 1.81. The average molecular weight is 247 g/mol. The highest BCUT2D eigenvalue weighted by Gasteiger charge is 2.29. The van der Waals surface area contributed by atoms with E-state index in [1.54, 1.807) is 19.3 Å². The van der Waals surface area contributed by atoms with Gasteiger partial charge in [-0.2, -0.15) is 0 Å². The normalized spacial score (nSPS) is 18.5. The molecule has 1 fully saturated rings. The lowest BCUT2D eigenvalue weighted by molar-refractivity contribution is 0.0583. The Morgan fingerprint density at radius 1 is 1.50 bits per heavy atom.